The minimum absolute atomic E-state index is 0. The summed E-state index contributed by atoms with van der Waals surface area (Å²) in [4.78, 5) is 27.1. The predicted octanol–water partition coefficient (Wildman–Crippen LogP) is 2.05. The zero-order valence-electron chi connectivity index (χ0n) is 13.8. The molecule has 0 aliphatic carbocycles. The summed E-state index contributed by atoms with van der Waals surface area (Å²) in [7, 11) is 0. The molecule has 134 valence electrons. The van der Waals surface area contributed by atoms with Gasteiger partial charge in [-0.15, -0.1) is 24.2 Å². The smallest absolute Gasteiger partial charge is 0.233 e. The fraction of sp³-hybridized carbons (Fsp3) is 0.529. The van der Waals surface area contributed by atoms with Gasteiger partial charge in [0.15, 0.2) is 0 Å². The molecule has 1 unspecified atom stereocenters. The van der Waals surface area contributed by atoms with Gasteiger partial charge in [0.2, 0.25) is 11.8 Å². The molecule has 0 spiro atoms. The molecule has 1 aliphatic rings. The van der Waals surface area contributed by atoms with Gasteiger partial charge in [-0.1, -0.05) is 18.2 Å². The number of hydrogen-bond donors (Lipinski definition) is 2. The van der Waals surface area contributed by atoms with E-state index < -0.39 is 0 Å². The quantitative estimate of drug-likeness (QED) is 0.719. The van der Waals surface area contributed by atoms with Gasteiger partial charge >= 0.3 is 0 Å². The normalized spacial score (nSPS) is 17.0. The molecule has 5 nitrogen and oxygen atoms in total. The summed E-state index contributed by atoms with van der Waals surface area (Å²) in [6.45, 7) is 1.67. The molecule has 0 radical (unpaired) electrons. The van der Waals surface area contributed by atoms with Crippen molar-refractivity contribution in [1.29, 1.82) is 0 Å². The highest BCUT2D eigenvalue weighted by atomic mass is 35.5. The molecule has 24 heavy (non-hydrogen) atoms. The number of nitrogens with one attached hydrogen (secondary N) is 1. The predicted molar refractivity (Wildman–Crippen MR) is 100 cm³/mol. The first kappa shape index (κ1) is 20.8. The number of nitrogens with zero attached hydrogens (tertiary/aromatic N) is 1. The summed E-state index contributed by atoms with van der Waals surface area (Å²) in [5.74, 6) is 0.554. The number of nitrogens with two attached hydrogens (primary N) is 1. The number of halogens is 1. The molecule has 2 rings (SSSR count). The van der Waals surface area contributed by atoms with E-state index in [0.717, 1.165) is 30.7 Å². The van der Waals surface area contributed by atoms with Gasteiger partial charge in [0.05, 0.1) is 5.75 Å². The van der Waals surface area contributed by atoms with Crippen LogP contribution in [0.5, 0.6) is 0 Å². The van der Waals surface area contributed by atoms with E-state index in [1.165, 1.54) is 0 Å². The van der Waals surface area contributed by atoms with Gasteiger partial charge in [-0.25, -0.2) is 0 Å². The van der Waals surface area contributed by atoms with Gasteiger partial charge in [-0.3, -0.25) is 9.59 Å². The van der Waals surface area contributed by atoms with Crippen molar-refractivity contribution in [3.05, 3.63) is 30.3 Å². The summed E-state index contributed by atoms with van der Waals surface area (Å²) in [5.41, 5.74) is 5.38. The van der Waals surface area contributed by atoms with Crippen molar-refractivity contribution in [3.63, 3.8) is 0 Å². The van der Waals surface area contributed by atoms with Crippen LogP contribution in [0.4, 0.5) is 0 Å². The molecular weight excluding hydrogens is 346 g/mol. The lowest BCUT2D eigenvalue weighted by Gasteiger charge is -2.36. The van der Waals surface area contributed by atoms with E-state index in [1.807, 2.05) is 35.2 Å². The van der Waals surface area contributed by atoms with Crippen LogP contribution in [0.1, 0.15) is 25.7 Å². The zero-order chi connectivity index (χ0) is 16.5. The summed E-state index contributed by atoms with van der Waals surface area (Å²) in [6.07, 6.45) is 3.43. The Morgan fingerprint density at radius 3 is 2.71 bits per heavy atom. The van der Waals surface area contributed by atoms with E-state index in [4.69, 9.17) is 5.73 Å². The third kappa shape index (κ3) is 6.71. The maximum atomic E-state index is 12.5. The van der Waals surface area contributed by atoms with Crippen molar-refractivity contribution >= 4 is 36.0 Å². The number of likely N-dealkylation sites (tertiary alicyclic amines) is 1. The van der Waals surface area contributed by atoms with Crippen molar-refractivity contribution in [2.75, 3.05) is 25.4 Å². The summed E-state index contributed by atoms with van der Waals surface area (Å²) >= 11 is 1.56. The van der Waals surface area contributed by atoms with Crippen LogP contribution in [0.3, 0.4) is 0 Å². The molecule has 0 aromatic heterocycles. The van der Waals surface area contributed by atoms with E-state index in [9.17, 15) is 9.59 Å². The highest BCUT2D eigenvalue weighted by molar-refractivity contribution is 8.00. The van der Waals surface area contributed by atoms with Gasteiger partial charge in [-0.2, -0.15) is 0 Å². The molecule has 2 amide bonds. The fourth-order valence-electron chi connectivity index (χ4n) is 2.74. The summed E-state index contributed by atoms with van der Waals surface area (Å²) in [5, 5.41) is 2.89. The number of benzene rings is 1. The minimum atomic E-state index is -0.0378. The van der Waals surface area contributed by atoms with Crippen molar-refractivity contribution in [1.82, 2.24) is 10.2 Å². The molecule has 1 heterocycles. The first-order valence-corrected chi connectivity index (χ1v) is 9.13. The van der Waals surface area contributed by atoms with Gasteiger partial charge in [-0.05, 0) is 31.4 Å². The average Bonchev–Trinajstić information content (AvgIpc) is 2.59. The van der Waals surface area contributed by atoms with Crippen molar-refractivity contribution in [2.45, 2.75) is 36.6 Å². The van der Waals surface area contributed by atoms with Crippen molar-refractivity contribution < 1.29 is 9.59 Å². The maximum absolute atomic E-state index is 12.5. The highest BCUT2D eigenvalue weighted by Gasteiger charge is 2.26. The van der Waals surface area contributed by atoms with Gasteiger partial charge in [0.25, 0.3) is 0 Å². The monoisotopic (exact) mass is 371 g/mol. The van der Waals surface area contributed by atoms with Crippen LogP contribution in [0.2, 0.25) is 0 Å². The van der Waals surface area contributed by atoms with Crippen LogP contribution >= 0.6 is 24.2 Å². The maximum Gasteiger partial charge on any atom is 0.233 e. The van der Waals surface area contributed by atoms with Gasteiger partial charge < -0.3 is 16.0 Å². The summed E-state index contributed by atoms with van der Waals surface area (Å²) in [6, 6.07) is 10.1. The van der Waals surface area contributed by atoms with Crippen LogP contribution in [0.15, 0.2) is 35.2 Å². The number of piperidine rings is 1. The van der Waals surface area contributed by atoms with E-state index in [0.29, 0.717) is 25.3 Å². The molecule has 1 aromatic rings. The molecule has 1 aliphatic heterocycles. The number of rotatable bonds is 7. The van der Waals surface area contributed by atoms with Crippen LogP contribution in [-0.2, 0) is 9.59 Å². The van der Waals surface area contributed by atoms with Crippen LogP contribution in [0.25, 0.3) is 0 Å². The van der Waals surface area contributed by atoms with Crippen molar-refractivity contribution in [3.8, 4) is 0 Å². The second kappa shape index (κ2) is 11.3. The van der Waals surface area contributed by atoms with E-state index in [-0.39, 0.29) is 30.3 Å². The van der Waals surface area contributed by atoms with Crippen molar-refractivity contribution in [2.24, 2.45) is 5.73 Å². The topological polar surface area (TPSA) is 75.4 Å². The number of thioether (sulfide) groups is 1. The second-order valence-electron chi connectivity index (χ2n) is 5.68. The Bertz CT molecular complexity index is 516. The van der Waals surface area contributed by atoms with Gasteiger partial charge in [0, 0.05) is 37.0 Å². The zero-order valence-corrected chi connectivity index (χ0v) is 15.4. The molecule has 1 atom stereocenters. The first-order valence-electron chi connectivity index (χ1n) is 8.15. The highest BCUT2D eigenvalue weighted by Crippen LogP contribution is 2.21. The largest absolute Gasteiger partial charge is 0.354 e. The van der Waals surface area contributed by atoms with Crippen LogP contribution in [0, 0.1) is 0 Å². The van der Waals surface area contributed by atoms with E-state index in [2.05, 4.69) is 5.32 Å². The molecule has 1 saturated heterocycles. The molecule has 7 heteroatoms. The standard InChI is InChI=1S/C17H25N3O2S.ClH/c18-10-9-16(21)19-12-14-6-4-5-11-20(14)17(22)13-23-15-7-2-1-3-8-15;/h1-3,7-8,14H,4-6,9-13,18H2,(H,19,21);1H. The Kier molecular flexibility index (Phi) is 9.83. The molecule has 0 saturated carbocycles. The van der Waals surface area contributed by atoms with E-state index >= 15 is 0 Å². The first-order chi connectivity index (χ1) is 11.2. The van der Waals surface area contributed by atoms with Gasteiger partial charge in [0.1, 0.15) is 0 Å². The lowest BCUT2D eigenvalue weighted by Crippen LogP contribution is -2.50. The minimum Gasteiger partial charge on any atom is -0.354 e. The Balaban J connectivity index is 0.00000288. The lowest BCUT2D eigenvalue weighted by atomic mass is 10.0. The van der Waals surface area contributed by atoms with Crippen LogP contribution < -0.4 is 11.1 Å². The molecule has 0 bridgehead atoms. The average molecular weight is 372 g/mol. The molecule has 1 aromatic carbocycles. The Hall–Kier alpha value is -1.24. The number of carbonyl (C=O) groups excluding carboxylic acids is 2. The van der Waals surface area contributed by atoms with E-state index in [1.54, 1.807) is 11.8 Å². The molecular formula is C17H26ClN3O2S. The SMILES string of the molecule is Cl.NCCC(=O)NCC1CCCCN1C(=O)CSc1ccccc1. The Labute approximate surface area is 154 Å². The number of hydrogen-bond acceptors (Lipinski definition) is 4. The van der Waals surface area contributed by atoms with Crippen LogP contribution in [-0.4, -0.2) is 48.1 Å². The lowest BCUT2D eigenvalue weighted by molar-refractivity contribution is -0.132. The third-order valence-corrected chi connectivity index (χ3v) is 4.96. The summed E-state index contributed by atoms with van der Waals surface area (Å²) < 4.78 is 0. The fourth-order valence-corrected chi connectivity index (χ4v) is 3.54. The third-order valence-electron chi connectivity index (χ3n) is 3.96. The second-order valence-corrected chi connectivity index (χ2v) is 6.73. The molecule has 3 N–H and O–H groups in total. The number of amides is 2. The Morgan fingerprint density at radius 1 is 1.25 bits per heavy atom. The molecule has 1 fully saturated rings. The Morgan fingerprint density at radius 2 is 2.00 bits per heavy atom. The number of carbonyl (C=O) groups is 2.